The molecule has 0 unspecified atom stereocenters. The summed E-state index contributed by atoms with van der Waals surface area (Å²) < 4.78 is 42.8. The first-order valence-corrected chi connectivity index (χ1v) is 10.6. The number of alkyl halides is 3. The average Bonchev–Trinajstić information content (AvgIpc) is 3.08. The minimum Gasteiger partial charge on any atom is -0.347 e. The summed E-state index contributed by atoms with van der Waals surface area (Å²) in [5, 5.41) is 6.58. The molecule has 4 rings (SSSR count). The first-order valence-electron chi connectivity index (χ1n) is 8.98. The second kappa shape index (κ2) is 8.43. The van der Waals surface area contributed by atoms with Crippen LogP contribution < -0.4 is 5.32 Å². The number of rotatable bonds is 4. The molecule has 2 aromatic carbocycles. The van der Waals surface area contributed by atoms with Crippen molar-refractivity contribution in [3.05, 3.63) is 86.6 Å². The molecule has 1 amide bonds. The fourth-order valence-electron chi connectivity index (χ4n) is 2.97. The first kappa shape index (κ1) is 21.5. The van der Waals surface area contributed by atoms with Crippen LogP contribution in [0.15, 0.2) is 69.6 Å². The van der Waals surface area contributed by atoms with Gasteiger partial charge in [-0.15, -0.1) is 0 Å². The van der Waals surface area contributed by atoms with E-state index >= 15 is 0 Å². The Morgan fingerprint density at radius 3 is 2.35 bits per heavy atom. The Labute approximate surface area is 191 Å². The van der Waals surface area contributed by atoms with Gasteiger partial charge in [-0.25, -0.2) is 9.50 Å². The van der Waals surface area contributed by atoms with Crippen LogP contribution in [0, 0.1) is 0 Å². The lowest BCUT2D eigenvalue weighted by Gasteiger charge is -2.11. The summed E-state index contributed by atoms with van der Waals surface area (Å²) in [5.74, 6) is -0.612. The van der Waals surface area contributed by atoms with Crippen molar-refractivity contribution in [2.24, 2.45) is 0 Å². The lowest BCUT2D eigenvalue weighted by molar-refractivity contribution is -0.142. The standard InChI is InChI=1S/C21H13Br2F3N4O/c22-14-8-6-13(7-9-14)15-10-16(21(24,25)26)30-19(28-15)17(23)18(29-30)20(31)27-11-12-4-2-1-3-5-12/h1-10H,11H2,(H,27,31). The van der Waals surface area contributed by atoms with Crippen LogP contribution in [0.25, 0.3) is 16.9 Å². The van der Waals surface area contributed by atoms with E-state index in [4.69, 9.17) is 0 Å². The zero-order valence-electron chi connectivity index (χ0n) is 15.6. The number of amides is 1. The minimum absolute atomic E-state index is 0.0857. The van der Waals surface area contributed by atoms with Gasteiger partial charge in [0.1, 0.15) is 0 Å². The highest BCUT2D eigenvalue weighted by Gasteiger charge is 2.36. The number of fused-ring (bicyclic) bond motifs is 1. The topological polar surface area (TPSA) is 59.3 Å². The molecule has 0 aliphatic rings. The highest BCUT2D eigenvalue weighted by atomic mass is 79.9. The number of carbonyl (C=O) groups excluding carboxylic acids is 1. The molecule has 0 bridgehead atoms. The van der Waals surface area contributed by atoms with Gasteiger partial charge in [0, 0.05) is 16.6 Å². The molecule has 0 spiro atoms. The van der Waals surface area contributed by atoms with E-state index in [1.165, 1.54) is 0 Å². The third-order valence-corrected chi connectivity index (χ3v) is 5.73. The van der Waals surface area contributed by atoms with E-state index in [0.717, 1.165) is 16.1 Å². The van der Waals surface area contributed by atoms with E-state index in [1.54, 1.807) is 24.3 Å². The van der Waals surface area contributed by atoms with Crippen LogP contribution in [0.4, 0.5) is 13.2 Å². The van der Waals surface area contributed by atoms with E-state index < -0.39 is 17.8 Å². The molecule has 0 atom stereocenters. The SMILES string of the molecule is O=C(NCc1ccccc1)c1nn2c(C(F)(F)F)cc(-c3ccc(Br)cc3)nc2c1Br. The van der Waals surface area contributed by atoms with Crippen molar-refractivity contribution in [3.8, 4) is 11.3 Å². The molecule has 0 fully saturated rings. The molecule has 5 nitrogen and oxygen atoms in total. The van der Waals surface area contributed by atoms with Crippen molar-refractivity contribution in [1.82, 2.24) is 19.9 Å². The van der Waals surface area contributed by atoms with E-state index in [2.05, 4.69) is 47.3 Å². The average molecular weight is 554 g/mol. The predicted molar refractivity (Wildman–Crippen MR) is 116 cm³/mol. The molecule has 2 aromatic heterocycles. The van der Waals surface area contributed by atoms with E-state index in [1.807, 2.05) is 30.3 Å². The lowest BCUT2D eigenvalue weighted by Crippen LogP contribution is -2.23. The fourth-order valence-corrected chi connectivity index (χ4v) is 3.75. The van der Waals surface area contributed by atoms with Gasteiger partial charge in [0.05, 0.1) is 10.2 Å². The molecule has 1 N–H and O–H groups in total. The first-order chi connectivity index (χ1) is 14.7. The van der Waals surface area contributed by atoms with Gasteiger partial charge < -0.3 is 5.32 Å². The number of aromatic nitrogens is 3. The molecule has 4 aromatic rings. The number of benzene rings is 2. The lowest BCUT2D eigenvalue weighted by atomic mass is 10.1. The van der Waals surface area contributed by atoms with Crippen LogP contribution in [-0.2, 0) is 12.7 Å². The highest BCUT2D eigenvalue weighted by molar-refractivity contribution is 9.11. The maximum absolute atomic E-state index is 13.8. The number of halogens is 5. The molecule has 0 radical (unpaired) electrons. The second-order valence-electron chi connectivity index (χ2n) is 6.60. The van der Waals surface area contributed by atoms with Crippen molar-refractivity contribution < 1.29 is 18.0 Å². The molecule has 0 saturated heterocycles. The van der Waals surface area contributed by atoms with E-state index in [-0.39, 0.29) is 28.1 Å². The summed E-state index contributed by atoms with van der Waals surface area (Å²) in [6.45, 7) is 0.212. The molecule has 31 heavy (non-hydrogen) atoms. The van der Waals surface area contributed by atoms with Gasteiger partial charge in [0.2, 0.25) is 0 Å². The van der Waals surface area contributed by atoms with Crippen molar-refractivity contribution in [2.45, 2.75) is 12.7 Å². The monoisotopic (exact) mass is 552 g/mol. The van der Waals surface area contributed by atoms with Crippen LogP contribution in [-0.4, -0.2) is 20.5 Å². The minimum atomic E-state index is -4.70. The van der Waals surface area contributed by atoms with Crippen LogP contribution in [0.2, 0.25) is 0 Å². The molecular formula is C21H13Br2F3N4O. The van der Waals surface area contributed by atoms with Gasteiger partial charge in [-0.2, -0.15) is 18.3 Å². The van der Waals surface area contributed by atoms with Crippen LogP contribution in [0.3, 0.4) is 0 Å². The third-order valence-electron chi connectivity index (χ3n) is 4.47. The van der Waals surface area contributed by atoms with Gasteiger partial charge in [-0.3, -0.25) is 4.79 Å². The van der Waals surface area contributed by atoms with Crippen LogP contribution in [0.1, 0.15) is 21.7 Å². The number of nitrogens with one attached hydrogen (secondary N) is 1. The number of carbonyl (C=O) groups is 1. The zero-order chi connectivity index (χ0) is 22.2. The summed E-state index contributed by atoms with van der Waals surface area (Å²) in [5.41, 5.74) is 0.156. The molecule has 10 heteroatoms. The number of hydrogen-bond acceptors (Lipinski definition) is 3. The predicted octanol–water partition coefficient (Wildman–Crippen LogP) is 5.87. The Morgan fingerprint density at radius 1 is 1.03 bits per heavy atom. The Bertz CT molecular complexity index is 1260. The van der Waals surface area contributed by atoms with Crippen LogP contribution >= 0.6 is 31.9 Å². The van der Waals surface area contributed by atoms with Gasteiger partial charge >= 0.3 is 6.18 Å². The largest absolute Gasteiger partial charge is 0.433 e. The molecule has 0 aliphatic carbocycles. The summed E-state index contributed by atoms with van der Waals surface area (Å²) >= 11 is 6.52. The van der Waals surface area contributed by atoms with Gasteiger partial charge in [-0.1, -0.05) is 58.4 Å². The van der Waals surface area contributed by atoms with Crippen molar-refractivity contribution in [1.29, 1.82) is 0 Å². The van der Waals surface area contributed by atoms with Gasteiger partial charge in [0.15, 0.2) is 17.0 Å². The number of hydrogen-bond donors (Lipinski definition) is 1. The number of nitrogens with zero attached hydrogens (tertiary/aromatic N) is 3. The Hall–Kier alpha value is -2.72. The van der Waals surface area contributed by atoms with Crippen molar-refractivity contribution in [3.63, 3.8) is 0 Å². The van der Waals surface area contributed by atoms with E-state index in [0.29, 0.717) is 10.1 Å². The fraction of sp³-hybridized carbons (Fsp3) is 0.0952. The summed E-state index contributed by atoms with van der Waals surface area (Å²) in [7, 11) is 0. The molecule has 2 heterocycles. The Kier molecular flexibility index (Phi) is 5.85. The zero-order valence-corrected chi connectivity index (χ0v) is 18.8. The van der Waals surface area contributed by atoms with Gasteiger partial charge in [-0.05, 0) is 39.7 Å². The molecule has 158 valence electrons. The normalized spacial score (nSPS) is 11.6. The quantitative estimate of drug-likeness (QED) is 0.344. The molecule has 0 saturated carbocycles. The smallest absolute Gasteiger partial charge is 0.347 e. The summed E-state index contributed by atoms with van der Waals surface area (Å²) in [6.07, 6.45) is -4.70. The summed E-state index contributed by atoms with van der Waals surface area (Å²) in [6, 6.07) is 16.8. The van der Waals surface area contributed by atoms with Crippen molar-refractivity contribution in [2.75, 3.05) is 0 Å². The molecular weight excluding hydrogens is 541 g/mol. The molecule has 0 aliphatic heterocycles. The maximum Gasteiger partial charge on any atom is 0.433 e. The highest BCUT2D eigenvalue weighted by Crippen LogP contribution is 2.34. The maximum atomic E-state index is 13.8. The Balaban J connectivity index is 1.77. The van der Waals surface area contributed by atoms with Crippen LogP contribution in [0.5, 0.6) is 0 Å². The van der Waals surface area contributed by atoms with Crippen molar-refractivity contribution >= 4 is 43.4 Å². The Morgan fingerprint density at radius 2 is 1.71 bits per heavy atom. The summed E-state index contributed by atoms with van der Waals surface area (Å²) in [4.78, 5) is 17.0. The second-order valence-corrected chi connectivity index (χ2v) is 8.31. The third kappa shape index (κ3) is 4.49. The van der Waals surface area contributed by atoms with Gasteiger partial charge in [0.25, 0.3) is 5.91 Å². The van der Waals surface area contributed by atoms with E-state index in [9.17, 15) is 18.0 Å².